The number of nitro benzene ring substituents is 1. The molecule has 0 unspecified atom stereocenters. The van der Waals surface area contributed by atoms with Gasteiger partial charge in [0.15, 0.2) is 0 Å². The molecule has 0 N–H and O–H groups in total. The van der Waals surface area contributed by atoms with Gasteiger partial charge in [-0.05, 0) is 64.9 Å². The predicted octanol–water partition coefficient (Wildman–Crippen LogP) is 3.84. The van der Waals surface area contributed by atoms with E-state index in [-0.39, 0.29) is 5.69 Å². The Morgan fingerprint density at radius 1 is 1.22 bits per heavy atom. The number of aromatic nitrogens is 4. The molecule has 0 spiro atoms. The number of non-ortho nitro benzene ring substituents is 1. The summed E-state index contributed by atoms with van der Waals surface area (Å²) in [6.07, 6.45) is 1.37. The fourth-order valence-corrected chi connectivity index (χ4v) is 3.45. The molecule has 0 fully saturated rings. The second kappa shape index (κ2) is 7.80. The number of nitrogens with zero attached hydrogens (tertiary/aromatic N) is 6. The van der Waals surface area contributed by atoms with Crippen LogP contribution in [0.15, 0.2) is 53.7 Å². The highest BCUT2D eigenvalue weighted by molar-refractivity contribution is 8.08. The van der Waals surface area contributed by atoms with E-state index >= 15 is 0 Å². The van der Waals surface area contributed by atoms with Crippen LogP contribution in [0.1, 0.15) is 16.7 Å². The zero-order chi connectivity index (χ0) is 19.4. The van der Waals surface area contributed by atoms with Crippen molar-refractivity contribution in [1.29, 1.82) is 5.26 Å². The molecule has 1 heterocycles. The minimum absolute atomic E-state index is 0.0135. The molecule has 0 aliphatic carbocycles. The fourth-order valence-electron chi connectivity index (χ4n) is 2.60. The highest BCUT2D eigenvalue weighted by Crippen LogP contribution is 2.35. The van der Waals surface area contributed by atoms with Crippen LogP contribution in [0.5, 0.6) is 0 Å². The molecule has 27 heavy (non-hydrogen) atoms. The van der Waals surface area contributed by atoms with Gasteiger partial charge >= 0.3 is 0 Å². The fraction of sp³-hybridized carbons (Fsp3) is 0.111. The lowest BCUT2D eigenvalue weighted by molar-refractivity contribution is -0.384. The molecule has 0 atom stereocenters. The SMILES string of the molecule is Cc1cccc(C)c1-n1nnnc1S/C(=C\C#N)c1ccc([N+](=O)[O-])cc1. The number of aryl methyl sites for hydroxylation is 2. The molecule has 0 saturated carbocycles. The molecule has 0 saturated heterocycles. The van der Waals surface area contributed by atoms with Crippen LogP contribution in [0.3, 0.4) is 0 Å². The standard InChI is InChI=1S/C18H14N6O2S/c1-12-4-3-5-13(2)17(12)23-18(20-21-22-23)27-16(10-11-19)14-6-8-15(9-7-14)24(25)26/h3-10H,1-2H3/b16-10-. The number of thioether (sulfide) groups is 1. The van der Waals surface area contributed by atoms with Crippen molar-refractivity contribution in [1.82, 2.24) is 20.2 Å². The maximum Gasteiger partial charge on any atom is 0.269 e. The van der Waals surface area contributed by atoms with E-state index in [1.54, 1.807) is 16.8 Å². The molecule has 0 aliphatic rings. The molecule has 0 aliphatic heterocycles. The minimum Gasteiger partial charge on any atom is -0.258 e. The van der Waals surface area contributed by atoms with Crippen LogP contribution in [-0.2, 0) is 0 Å². The molecule has 0 bridgehead atoms. The molecule has 8 nitrogen and oxygen atoms in total. The monoisotopic (exact) mass is 378 g/mol. The van der Waals surface area contributed by atoms with Gasteiger partial charge in [-0.2, -0.15) is 9.94 Å². The number of para-hydroxylation sites is 1. The Morgan fingerprint density at radius 3 is 2.48 bits per heavy atom. The third-order valence-electron chi connectivity index (χ3n) is 3.85. The number of hydrogen-bond acceptors (Lipinski definition) is 7. The highest BCUT2D eigenvalue weighted by atomic mass is 32.2. The number of nitriles is 1. The van der Waals surface area contributed by atoms with E-state index in [2.05, 4.69) is 15.5 Å². The third kappa shape index (κ3) is 3.86. The summed E-state index contributed by atoms with van der Waals surface area (Å²) < 4.78 is 1.63. The Morgan fingerprint density at radius 2 is 1.89 bits per heavy atom. The lowest BCUT2D eigenvalue weighted by Gasteiger charge is -2.11. The van der Waals surface area contributed by atoms with Gasteiger partial charge in [0.1, 0.15) is 0 Å². The van der Waals surface area contributed by atoms with E-state index in [4.69, 9.17) is 5.26 Å². The second-order valence-electron chi connectivity index (χ2n) is 5.66. The van der Waals surface area contributed by atoms with E-state index in [9.17, 15) is 10.1 Å². The number of benzene rings is 2. The maximum absolute atomic E-state index is 10.8. The van der Waals surface area contributed by atoms with Crippen LogP contribution >= 0.6 is 11.8 Å². The molecule has 0 radical (unpaired) electrons. The normalized spacial score (nSPS) is 11.2. The second-order valence-corrected chi connectivity index (χ2v) is 6.67. The van der Waals surface area contributed by atoms with Crippen LogP contribution in [-0.4, -0.2) is 25.1 Å². The minimum atomic E-state index is -0.466. The molecular weight excluding hydrogens is 364 g/mol. The zero-order valence-electron chi connectivity index (χ0n) is 14.5. The summed E-state index contributed by atoms with van der Waals surface area (Å²) in [6, 6.07) is 13.9. The number of hydrogen-bond donors (Lipinski definition) is 0. The van der Waals surface area contributed by atoms with Gasteiger partial charge < -0.3 is 0 Å². The summed E-state index contributed by atoms with van der Waals surface area (Å²) in [5.41, 5.74) is 3.57. The molecule has 1 aromatic heterocycles. The predicted molar refractivity (Wildman–Crippen MR) is 101 cm³/mol. The van der Waals surface area contributed by atoms with Crippen molar-refractivity contribution in [2.75, 3.05) is 0 Å². The first-order chi connectivity index (χ1) is 13.0. The van der Waals surface area contributed by atoms with E-state index in [1.807, 2.05) is 38.1 Å². The lowest BCUT2D eigenvalue weighted by Crippen LogP contribution is -2.04. The van der Waals surface area contributed by atoms with Gasteiger partial charge in [-0.25, -0.2) is 0 Å². The molecule has 134 valence electrons. The highest BCUT2D eigenvalue weighted by Gasteiger charge is 2.16. The molecular formula is C18H14N6O2S. The third-order valence-corrected chi connectivity index (χ3v) is 4.86. The van der Waals surface area contributed by atoms with Gasteiger partial charge in [-0.3, -0.25) is 10.1 Å². The summed E-state index contributed by atoms with van der Waals surface area (Å²) >= 11 is 1.22. The number of tetrazole rings is 1. The Kier molecular flexibility index (Phi) is 5.28. The van der Waals surface area contributed by atoms with Gasteiger partial charge in [0, 0.05) is 23.1 Å². The first kappa shape index (κ1) is 18.3. The summed E-state index contributed by atoms with van der Waals surface area (Å²) in [7, 11) is 0. The number of nitro groups is 1. The topological polar surface area (TPSA) is 111 Å². The summed E-state index contributed by atoms with van der Waals surface area (Å²) in [5, 5.41) is 32.4. The average molecular weight is 378 g/mol. The van der Waals surface area contributed by atoms with E-state index < -0.39 is 4.92 Å². The Labute approximate surface area is 159 Å². The molecule has 9 heteroatoms. The Balaban J connectivity index is 1.98. The van der Waals surface area contributed by atoms with Crippen LogP contribution in [0.25, 0.3) is 10.6 Å². The van der Waals surface area contributed by atoms with E-state index in [0.29, 0.717) is 15.6 Å². The molecule has 3 aromatic rings. The van der Waals surface area contributed by atoms with Gasteiger partial charge in [-0.1, -0.05) is 18.2 Å². The van der Waals surface area contributed by atoms with Crippen molar-refractivity contribution in [2.45, 2.75) is 19.0 Å². The lowest BCUT2D eigenvalue weighted by atomic mass is 10.1. The quantitative estimate of drug-likeness (QED) is 0.287. The van der Waals surface area contributed by atoms with E-state index in [0.717, 1.165) is 16.8 Å². The summed E-state index contributed by atoms with van der Waals surface area (Å²) in [4.78, 5) is 11.0. The van der Waals surface area contributed by atoms with Crippen molar-refractivity contribution in [2.24, 2.45) is 0 Å². The summed E-state index contributed by atoms with van der Waals surface area (Å²) in [5.74, 6) is 0. The number of rotatable bonds is 5. The van der Waals surface area contributed by atoms with Gasteiger partial charge in [0.05, 0.1) is 16.7 Å². The number of allylic oxidation sites excluding steroid dienone is 1. The molecule has 2 aromatic carbocycles. The van der Waals surface area contributed by atoms with Gasteiger partial charge in [0.25, 0.3) is 5.69 Å². The largest absolute Gasteiger partial charge is 0.269 e. The zero-order valence-corrected chi connectivity index (χ0v) is 15.3. The molecule has 3 rings (SSSR count). The summed E-state index contributed by atoms with van der Waals surface area (Å²) in [6.45, 7) is 3.95. The van der Waals surface area contributed by atoms with Crippen molar-refractivity contribution >= 4 is 22.4 Å². The maximum atomic E-state index is 10.8. The van der Waals surface area contributed by atoms with E-state index in [1.165, 1.54) is 30.0 Å². The van der Waals surface area contributed by atoms with Crippen LogP contribution in [0, 0.1) is 35.3 Å². The first-order valence-corrected chi connectivity index (χ1v) is 8.70. The van der Waals surface area contributed by atoms with Gasteiger partial charge in [0.2, 0.25) is 5.16 Å². The van der Waals surface area contributed by atoms with Crippen molar-refractivity contribution < 1.29 is 4.92 Å². The first-order valence-electron chi connectivity index (χ1n) is 7.88. The van der Waals surface area contributed by atoms with Crippen molar-refractivity contribution in [3.63, 3.8) is 0 Å². The smallest absolute Gasteiger partial charge is 0.258 e. The van der Waals surface area contributed by atoms with Gasteiger partial charge in [-0.15, -0.1) is 5.10 Å². The van der Waals surface area contributed by atoms with Crippen molar-refractivity contribution in [3.8, 4) is 11.8 Å². The Hall–Kier alpha value is -3.51. The molecule has 0 amide bonds. The van der Waals surface area contributed by atoms with Crippen molar-refractivity contribution in [3.05, 3.63) is 75.3 Å². The Bertz CT molecular complexity index is 1050. The van der Waals surface area contributed by atoms with Crippen LogP contribution in [0.4, 0.5) is 5.69 Å². The average Bonchev–Trinajstić information content (AvgIpc) is 3.09. The van der Waals surface area contributed by atoms with Crippen LogP contribution < -0.4 is 0 Å². The van der Waals surface area contributed by atoms with Crippen LogP contribution in [0.2, 0.25) is 0 Å².